The molecule has 23 heavy (non-hydrogen) atoms. The van der Waals surface area contributed by atoms with Crippen LogP contribution in [0.2, 0.25) is 0 Å². The van der Waals surface area contributed by atoms with Crippen LogP contribution in [0.25, 0.3) is 0 Å². The average Bonchev–Trinajstić information content (AvgIpc) is 3.01. The van der Waals surface area contributed by atoms with Crippen molar-refractivity contribution >= 4 is 23.2 Å². The van der Waals surface area contributed by atoms with Gasteiger partial charge < -0.3 is 9.80 Å². The molecule has 0 N–H and O–H groups in total. The van der Waals surface area contributed by atoms with Crippen molar-refractivity contribution in [3.8, 4) is 6.07 Å². The van der Waals surface area contributed by atoms with E-state index in [1.807, 2.05) is 15.9 Å². The average molecular weight is 325 g/mol. The number of hydrogen-bond acceptors (Lipinski definition) is 6. The summed E-state index contributed by atoms with van der Waals surface area (Å²) in [4.78, 5) is 26.3. The molecule has 7 heteroatoms. The highest BCUT2D eigenvalue weighted by Crippen LogP contribution is 2.28. The Kier molecular flexibility index (Phi) is 3.46. The fourth-order valence-corrected chi connectivity index (χ4v) is 3.95. The summed E-state index contributed by atoms with van der Waals surface area (Å²) in [5.74, 6) is 0.755. The van der Waals surface area contributed by atoms with Crippen molar-refractivity contribution in [2.75, 3.05) is 24.5 Å². The molecule has 0 aromatic carbocycles. The lowest BCUT2D eigenvalue weighted by Gasteiger charge is -2.41. The van der Waals surface area contributed by atoms with Gasteiger partial charge in [-0.1, -0.05) is 0 Å². The molecule has 0 bridgehead atoms. The number of nitrogens with zero attached hydrogens (tertiary/aromatic N) is 5. The van der Waals surface area contributed by atoms with Crippen LogP contribution in [-0.2, 0) is 17.8 Å². The summed E-state index contributed by atoms with van der Waals surface area (Å²) < 4.78 is 0. The number of amides is 1. The van der Waals surface area contributed by atoms with Crippen LogP contribution in [0, 0.1) is 17.2 Å². The molecular formula is C16H15N5OS. The summed E-state index contributed by atoms with van der Waals surface area (Å²) in [6.07, 6.45) is 2.54. The van der Waals surface area contributed by atoms with Gasteiger partial charge in [-0.25, -0.2) is 9.97 Å². The van der Waals surface area contributed by atoms with Crippen molar-refractivity contribution in [1.29, 1.82) is 5.26 Å². The second kappa shape index (κ2) is 5.63. The van der Waals surface area contributed by atoms with E-state index in [-0.39, 0.29) is 11.8 Å². The van der Waals surface area contributed by atoms with E-state index < -0.39 is 0 Å². The maximum Gasteiger partial charge on any atom is 0.229 e. The van der Waals surface area contributed by atoms with E-state index in [2.05, 4.69) is 21.4 Å². The van der Waals surface area contributed by atoms with Gasteiger partial charge >= 0.3 is 0 Å². The third-order valence-corrected chi connectivity index (χ3v) is 5.41. The van der Waals surface area contributed by atoms with Crippen molar-refractivity contribution < 1.29 is 4.79 Å². The summed E-state index contributed by atoms with van der Waals surface area (Å²) >= 11 is 1.78. The molecule has 0 saturated carbocycles. The first kappa shape index (κ1) is 14.2. The molecule has 2 aliphatic heterocycles. The molecule has 116 valence electrons. The molecule has 2 aromatic rings. The number of fused-ring (bicyclic) bond motifs is 1. The van der Waals surface area contributed by atoms with Gasteiger partial charge in [0.05, 0.1) is 5.92 Å². The summed E-state index contributed by atoms with van der Waals surface area (Å²) in [6, 6.07) is 5.71. The van der Waals surface area contributed by atoms with Crippen LogP contribution in [0.3, 0.4) is 0 Å². The van der Waals surface area contributed by atoms with Crippen LogP contribution >= 0.6 is 11.3 Å². The first-order valence-electron chi connectivity index (χ1n) is 7.56. The molecule has 1 amide bonds. The minimum absolute atomic E-state index is 0.00419. The van der Waals surface area contributed by atoms with Gasteiger partial charge in [0, 0.05) is 37.3 Å². The van der Waals surface area contributed by atoms with E-state index >= 15 is 0 Å². The molecule has 0 atom stereocenters. The van der Waals surface area contributed by atoms with E-state index in [4.69, 9.17) is 5.26 Å². The zero-order valence-corrected chi connectivity index (χ0v) is 13.3. The summed E-state index contributed by atoms with van der Waals surface area (Å²) in [5, 5.41) is 11.0. The van der Waals surface area contributed by atoms with Gasteiger partial charge in [0.25, 0.3) is 0 Å². The second-order valence-electron chi connectivity index (χ2n) is 5.83. The lowest BCUT2D eigenvalue weighted by atomic mass is 9.97. The van der Waals surface area contributed by atoms with Crippen LogP contribution in [0.4, 0.5) is 5.95 Å². The van der Waals surface area contributed by atoms with Crippen LogP contribution in [-0.4, -0.2) is 40.4 Å². The molecule has 4 heterocycles. The highest BCUT2D eigenvalue weighted by atomic mass is 32.1. The Morgan fingerprint density at radius 3 is 3.09 bits per heavy atom. The predicted octanol–water partition coefficient (Wildman–Crippen LogP) is 1.43. The maximum atomic E-state index is 12.6. The third-order valence-electron chi connectivity index (χ3n) is 4.39. The van der Waals surface area contributed by atoms with E-state index in [0.717, 1.165) is 19.5 Å². The maximum absolute atomic E-state index is 12.6. The van der Waals surface area contributed by atoms with Gasteiger partial charge in [0.15, 0.2) is 0 Å². The van der Waals surface area contributed by atoms with Crippen LogP contribution in [0.5, 0.6) is 0 Å². The highest BCUT2D eigenvalue weighted by molar-refractivity contribution is 7.10. The Morgan fingerprint density at radius 2 is 2.26 bits per heavy atom. The zero-order valence-electron chi connectivity index (χ0n) is 12.5. The predicted molar refractivity (Wildman–Crippen MR) is 85.9 cm³/mol. The summed E-state index contributed by atoms with van der Waals surface area (Å²) in [5.41, 5.74) is 1.64. The third kappa shape index (κ3) is 2.55. The quantitative estimate of drug-likeness (QED) is 0.835. The number of carbonyl (C=O) groups excluding carboxylic acids is 1. The standard InChI is InChI=1S/C16H15N5OS/c17-7-13-1-4-18-16(19-13)21-9-12(10-21)15(22)20-5-2-14-11(8-20)3-6-23-14/h1,3-4,6,12H,2,5,8-10H2. The van der Waals surface area contributed by atoms with Gasteiger partial charge in [-0.05, 0) is 29.5 Å². The molecule has 0 spiro atoms. The van der Waals surface area contributed by atoms with E-state index in [1.165, 1.54) is 10.4 Å². The van der Waals surface area contributed by atoms with E-state index in [0.29, 0.717) is 24.7 Å². The van der Waals surface area contributed by atoms with Gasteiger partial charge in [0.2, 0.25) is 11.9 Å². The van der Waals surface area contributed by atoms with Gasteiger partial charge in [-0.2, -0.15) is 5.26 Å². The fourth-order valence-electron chi connectivity index (χ4n) is 3.06. The first-order valence-corrected chi connectivity index (χ1v) is 8.44. The van der Waals surface area contributed by atoms with Gasteiger partial charge in [-0.15, -0.1) is 11.3 Å². The van der Waals surface area contributed by atoms with Gasteiger partial charge in [-0.3, -0.25) is 4.79 Å². The molecule has 2 aliphatic rings. The number of carbonyl (C=O) groups is 1. The summed E-state index contributed by atoms with van der Waals surface area (Å²) in [6.45, 7) is 2.79. The molecule has 0 aliphatic carbocycles. The van der Waals surface area contributed by atoms with Crippen molar-refractivity contribution in [2.24, 2.45) is 5.92 Å². The van der Waals surface area contributed by atoms with Crippen LogP contribution < -0.4 is 4.90 Å². The van der Waals surface area contributed by atoms with Crippen molar-refractivity contribution in [1.82, 2.24) is 14.9 Å². The highest BCUT2D eigenvalue weighted by Gasteiger charge is 2.37. The molecule has 6 nitrogen and oxygen atoms in total. The molecular weight excluding hydrogens is 310 g/mol. The minimum Gasteiger partial charge on any atom is -0.339 e. The Hall–Kier alpha value is -2.46. The summed E-state index contributed by atoms with van der Waals surface area (Å²) in [7, 11) is 0. The van der Waals surface area contributed by atoms with Crippen molar-refractivity contribution in [3.05, 3.63) is 39.8 Å². The number of rotatable bonds is 2. The number of aromatic nitrogens is 2. The SMILES string of the molecule is N#Cc1ccnc(N2CC(C(=O)N3CCc4sccc4C3)C2)n1. The first-order chi connectivity index (χ1) is 11.2. The van der Waals surface area contributed by atoms with Gasteiger partial charge in [0.1, 0.15) is 11.8 Å². The van der Waals surface area contributed by atoms with Crippen molar-refractivity contribution in [2.45, 2.75) is 13.0 Å². The van der Waals surface area contributed by atoms with E-state index in [1.54, 1.807) is 23.6 Å². The Morgan fingerprint density at radius 1 is 1.39 bits per heavy atom. The largest absolute Gasteiger partial charge is 0.339 e. The van der Waals surface area contributed by atoms with Crippen LogP contribution in [0.1, 0.15) is 16.1 Å². The molecule has 2 aromatic heterocycles. The lowest BCUT2D eigenvalue weighted by Crippen LogP contribution is -2.55. The normalized spacial score (nSPS) is 17.3. The molecule has 1 fully saturated rings. The lowest BCUT2D eigenvalue weighted by molar-refractivity contribution is -0.137. The molecule has 1 saturated heterocycles. The fraction of sp³-hybridized carbons (Fsp3) is 0.375. The molecule has 4 rings (SSSR count). The number of anilines is 1. The monoisotopic (exact) mass is 325 g/mol. The minimum atomic E-state index is 0.00419. The topological polar surface area (TPSA) is 73.1 Å². The molecule has 0 unspecified atom stereocenters. The van der Waals surface area contributed by atoms with Crippen molar-refractivity contribution in [3.63, 3.8) is 0 Å². The zero-order chi connectivity index (χ0) is 15.8. The number of thiophene rings is 1. The Bertz CT molecular complexity index is 790. The van der Waals surface area contributed by atoms with E-state index in [9.17, 15) is 4.79 Å². The Labute approximate surface area is 138 Å². The van der Waals surface area contributed by atoms with Crippen LogP contribution in [0.15, 0.2) is 23.7 Å². The number of nitriles is 1. The second-order valence-corrected chi connectivity index (χ2v) is 6.84. The smallest absolute Gasteiger partial charge is 0.229 e. The molecule has 0 radical (unpaired) electrons. The number of hydrogen-bond donors (Lipinski definition) is 0. The Balaban J connectivity index is 1.38.